The van der Waals surface area contributed by atoms with E-state index in [9.17, 15) is 52.6 Å². The van der Waals surface area contributed by atoms with Crippen molar-refractivity contribution in [2.75, 3.05) is 0 Å². The van der Waals surface area contributed by atoms with Crippen LogP contribution in [-0.4, -0.2) is 27.4 Å². The molecule has 0 aliphatic heterocycles. The van der Waals surface area contributed by atoms with Crippen LogP contribution < -0.4 is 0 Å². The molecule has 17 nitrogen and oxygen atoms in total. The van der Waals surface area contributed by atoms with Crippen molar-refractivity contribution in [1.29, 1.82) is 52.6 Å². The minimum absolute atomic E-state index is 0.406. The largest absolute Gasteiger partial charge is 0.309 e. The van der Waals surface area contributed by atoms with E-state index < -0.39 is 0 Å². The van der Waals surface area contributed by atoms with E-state index in [1.807, 2.05) is 170 Å². The van der Waals surface area contributed by atoms with E-state index >= 15 is 0 Å². The van der Waals surface area contributed by atoms with Gasteiger partial charge in [0, 0.05) is 98.8 Å². The fourth-order valence-corrected chi connectivity index (χ4v) is 19.7. The summed E-state index contributed by atoms with van der Waals surface area (Å²) in [6.07, 6.45) is 0. The summed E-state index contributed by atoms with van der Waals surface area (Å²) in [6, 6.07) is 143. The number of nitrogens with zero attached hydrogens (tertiary/aromatic N) is 17. The summed E-state index contributed by atoms with van der Waals surface area (Å²) in [5.41, 5.74) is 27.4. The van der Waals surface area contributed by atoms with Crippen molar-refractivity contribution in [2.24, 2.45) is 0 Å². The highest BCUT2D eigenvalue weighted by molar-refractivity contribution is 6.16. The highest BCUT2D eigenvalue weighted by Crippen LogP contribution is 2.46. The molecule has 6 heterocycles. The monoisotopic (exact) mass is 1730 g/mol. The predicted molar refractivity (Wildman–Crippen MR) is 535 cm³/mol. The fraction of sp³-hybridized carbons (Fsp3) is 0. The minimum Gasteiger partial charge on any atom is -0.309 e. The smallest absolute Gasteiger partial charge is 0.187 e. The Morgan fingerprint density at radius 2 is 0.390 bits per heavy atom. The normalized spacial score (nSPS) is 11.0. The molecule has 0 N–H and O–H groups in total. The molecule has 17 heteroatoms. The van der Waals surface area contributed by atoms with Crippen LogP contribution in [0.3, 0.4) is 0 Å². The van der Waals surface area contributed by atoms with Gasteiger partial charge >= 0.3 is 0 Å². The van der Waals surface area contributed by atoms with Gasteiger partial charge in [0.25, 0.3) is 0 Å². The number of para-hydroxylation sites is 6. The summed E-state index contributed by atoms with van der Waals surface area (Å²) in [4.78, 5) is 3.65. The molecule has 0 bridgehead atoms. The number of aromatic nitrogens is 6. The molecule has 622 valence electrons. The van der Waals surface area contributed by atoms with E-state index in [4.69, 9.17) is 6.57 Å². The average molecular weight is 1730 g/mol. The van der Waals surface area contributed by atoms with Crippen molar-refractivity contribution in [1.82, 2.24) is 27.4 Å². The number of nitriles is 10. The SMILES string of the molecule is N#Cc1ccc(-c2cc(-n3c4ccccc4c4ccccc43)cc(-n3c4ccc(C#N)cc4c4cc(C#N)ccc43)c2)c(C#N)c1.N#Cc1ccc2c(c1)c1cc(C#N)ccc1n2-c1cc(-c2ccccc2C#N)cc(-n2c3ccccc3c3ccccc32)c1.[C-]#[N+]c1ccc(C#N)c(-c2cc(-n3c4ccccc4c4ccccc43)cc(-n3c4ccc(C#N)cc4c4cc(C#N)ccc43)c2)c1. The molecule has 0 aliphatic rings. The first-order valence-corrected chi connectivity index (χ1v) is 43.4. The van der Waals surface area contributed by atoms with Crippen LogP contribution in [0.5, 0.6) is 0 Å². The summed E-state index contributed by atoms with van der Waals surface area (Å²) in [7, 11) is 0. The highest BCUT2D eigenvalue weighted by Gasteiger charge is 2.26. The van der Waals surface area contributed by atoms with Gasteiger partial charge in [-0.15, -0.1) is 0 Å². The first-order chi connectivity index (χ1) is 66.9. The van der Waals surface area contributed by atoms with Gasteiger partial charge in [-0.25, -0.2) is 4.85 Å². The van der Waals surface area contributed by atoms with Crippen LogP contribution in [0.2, 0.25) is 0 Å². The van der Waals surface area contributed by atoms with Crippen molar-refractivity contribution >= 4 is 137 Å². The van der Waals surface area contributed by atoms with Gasteiger partial charge in [0.2, 0.25) is 0 Å². The van der Waals surface area contributed by atoms with Crippen LogP contribution in [0.25, 0.3) is 203 Å². The molecule has 0 saturated carbocycles. The second-order valence-electron chi connectivity index (χ2n) is 33.0. The van der Waals surface area contributed by atoms with Gasteiger partial charge in [-0.3, -0.25) is 0 Å². The number of rotatable bonds is 9. The van der Waals surface area contributed by atoms with Crippen molar-refractivity contribution in [2.45, 2.75) is 0 Å². The zero-order valence-corrected chi connectivity index (χ0v) is 71.8. The Morgan fingerprint density at radius 1 is 0.169 bits per heavy atom. The second-order valence-corrected chi connectivity index (χ2v) is 33.0. The average Bonchev–Trinajstić information content (AvgIpc) is 1.58. The lowest BCUT2D eigenvalue weighted by molar-refractivity contribution is 1.13. The Morgan fingerprint density at radius 3 is 0.654 bits per heavy atom. The third-order valence-electron chi connectivity index (χ3n) is 25.6. The van der Waals surface area contributed by atoms with Crippen LogP contribution in [0.1, 0.15) is 55.6 Å². The van der Waals surface area contributed by atoms with Gasteiger partial charge in [-0.05, 0) is 258 Å². The maximum absolute atomic E-state index is 10.1. The van der Waals surface area contributed by atoms with Gasteiger partial charge in [0.15, 0.2) is 5.69 Å². The highest BCUT2D eigenvalue weighted by atomic mass is 15.0. The van der Waals surface area contributed by atoms with E-state index in [1.54, 1.807) is 54.6 Å². The number of fused-ring (bicyclic) bond motifs is 18. The molecule has 0 aliphatic carbocycles. The van der Waals surface area contributed by atoms with Gasteiger partial charge < -0.3 is 27.4 Å². The number of hydrogen-bond acceptors (Lipinski definition) is 10. The summed E-state index contributed by atoms with van der Waals surface area (Å²) < 4.78 is 13.2. The number of benzene rings is 18. The summed E-state index contributed by atoms with van der Waals surface area (Å²) in [5.74, 6) is 0. The van der Waals surface area contributed by atoms with Crippen molar-refractivity contribution in [3.05, 3.63) is 437 Å². The van der Waals surface area contributed by atoms with E-state index in [0.29, 0.717) is 72.4 Å². The van der Waals surface area contributed by atoms with E-state index in [0.717, 1.165) is 187 Å². The van der Waals surface area contributed by atoms with Crippen LogP contribution >= 0.6 is 0 Å². The Kier molecular flexibility index (Phi) is 19.7. The van der Waals surface area contributed by atoms with Crippen LogP contribution in [0.4, 0.5) is 5.69 Å². The predicted octanol–water partition coefficient (Wildman–Crippen LogP) is 27.9. The van der Waals surface area contributed by atoms with Gasteiger partial charge in [-0.1, -0.05) is 146 Å². The molecule has 0 saturated heterocycles. The third-order valence-corrected chi connectivity index (χ3v) is 25.6. The van der Waals surface area contributed by atoms with Crippen LogP contribution in [0.15, 0.2) is 370 Å². The fourth-order valence-electron chi connectivity index (χ4n) is 19.7. The first kappa shape index (κ1) is 80.9. The lowest BCUT2D eigenvalue weighted by atomic mass is 9.97. The van der Waals surface area contributed by atoms with E-state index in [2.05, 4.69) is 239 Å². The lowest BCUT2D eigenvalue weighted by Crippen LogP contribution is -2.00. The Balaban J connectivity index is 0.000000118. The van der Waals surface area contributed by atoms with Gasteiger partial charge in [-0.2, -0.15) is 52.6 Å². The zero-order chi connectivity index (χ0) is 92.5. The summed E-state index contributed by atoms with van der Waals surface area (Å²) in [6.45, 7) is 7.66. The Bertz CT molecular complexity index is 9510. The molecule has 0 atom stereocenters. The zero-order valence-electron chi connectivity index (χ0n) is 71.8. The van der Waals surface area contributed by atoms with Gasteiger partial charge in [0.05, 0.1) is 189 Å². The second kappa shape index (κ2) is 33.1. The molecular weight excluding hydrogens is 1670 g/mol. The maximum Gasteiger partial charge on any atom is 0.187 e. The van der Waals surface area contributed by atoms with Crippen molar-refractivity contribution in [3.63, 3.8) is 0 Å². The standard InChI is InChI=1S/2C40H20N6.C39H21N5/c1-44-29-13-12-27(24-43)34(20-29)28-18-30(45-37-8-4-2-6-32(37)33-7-3-5-9-38(33)45)21-31(19-28)46-39-14-10-25(22-41)16-35(39)36-17-26(23-42)11-15-40(36)46;41-21-25-9-12-32(29(15-25)24-44)28-18-30(45-37-7-3-1-5-33(37)34-6-2-4-8-38(34)45)20-31(19-28)46-39-13-10-26(22-42)16-35(39)36-17-27(23-43)11-14-40(36)46;40-22-25-13-15-38-34(17-25)35-18-26(23-41)14-16-39(35)44(38)30-20-28(31-8-2-1-7-27(31)24-42)19-29(21-30)43-36-11-5-3-9-32(36)33-10-4-6-12-37(33)43/h2-21H;1-20H;1-21H. The molecule has 0 fully saturated rings. The van der Waals surface area contributed by atoms with Gasteiger partial charge in [0.1, 0.15) is 0 Å². The molecule has 0 unspecified atom stereocenters. The first-order valence-electron chi connectivity index (χ1n) is 43.4. The Hall–Kier alpha value is -20.8. The molecule has 6 aromatic heterocycles. The molecule has 0 radical (unpaired) electrons. The molecule has 18 aromatic carbocycles. The quantitative estimate of drug-likeness (QED) is 0.123. The van der Waals surface area contributed by atoms with E-state index in [-0.39, 0.29) is 0 Å². The molecule has 24 rings (SSSR count). The minimum atomic E-state index is 0.406. The molecular formula is C119H61N17. The molecule has 24 aromatic rings. The molecule has 0 amide bonds. The number of hydrogen-bond donors (Lipinski definition) is 0. The Labute approximate surface area is 776 Å². The van der Waals surface area contributed by atoms with Crippen molar-refractivity contribution < 1.29 is 0 Å². The van der Waals surface area contributed by atoms with Crippen molar-refractivity contribution in [3.8, 4) is 128 Å². The topological polar surface area (TPSA) is 272 Å². The van der Waals surface area contributed by atoms with Crippen LogP contribution in [0, 0.1) is 120 Å². The molecule has 0 spiro atoms. The van der Waals surface area contributed by atoms with Crippen LogP contribution in [-0.2, 0) is 0 Å². The lowest BCUT2D eigenvalue weighted by Gasteiger charge is -2.16. The van der Waals surface area contributed by atoms with E-state index in [1.165, 1.54) is 0 Å². The summed E-state index contributed by atoms with van der Waals surface area (Å²) in [5, 5.41) is 110. The maximum atomic E-state index is 10.1. The summed E-state index contributed by atoms with van der Waals surface area (Å²) >= 11 is 0. The molecule has 136 heavy (non-hydrogen) atoms. The third kappa shape index (κ3) is 13.4.